The van der Waals surface area contributed by atoms with Crippen molar-refractivity contribution < 1.29 is 19.4 Å². The van der Waals surface area contributed by atoms with Gasteiger partial charge in [0, 0.05) is 19.6 Å². The van der Waals surface area contributed by atoms with Crippen LogP contribution >= 0.6 is 0 Å². The van der Waals surface area contributed by atoms with Crippen molar-refractivity contribution in [1.29, 1.82) is 0 Å². The first-order valence-corrected chi connectivity index (χ1v) is 14.5. The third-order valence-electron chi connectivity index (χ3n) is 7.65. The smallest absolute Gasteiger partial charge is 0.261 e. The minimum absolute atomic E-state index is 0.0786. The van der Waals surface area contributed by atoms with Gasteiger partial charge in [-0.1, -0.05) is 81.4 Å². The van der Waals surface area contributed by atoms with Crippen LogP contribution < -0.4 is 10.4 Å². The Kier molecular flexibility index (Phi) is 7.58. The quantitative estimate of drug-likeness (QED) is 0.445. The van der Waals surface area contributed by atoms with Gasteiger partial charge in [-0.05, 0) is 64.1 Å². The summed E-state index contributed by atoms with van der Waals surface area (Å²) in [5.74, 6) is 0.360. The van der Waals surface area contributed by atoms with E-state index >= 15 is 0 Å². The SMILES string of the molecule is CC(C)(C)[Si](OCCCC1=C2C(O)CC(CO)CC2CC1=O)(c1ccccc1)c1ccccc1. The van der Waals surface area contributed by atoms with E-state index in [1.54, 1.807) is 0 Å². The van der Waals surface area contributed by atoms with Gasteiger partial charge < -0.3 is 14.6 Å². The first-order valence-electron chi connectivity index (χ1n) is 12.6. The Morgan fingerprint density at radius 3 is 2.09 bits per heavy atom. The fraction of sp³-hybridized carbons (Fsp3) is 0.483. The summed E-state index contributed by atoms with van der Waals surface area (Å²) in [5.41, 5.74) is 1.76. The minimum Gasteiger partial charge on any atom is -0.407 e. The van der Waals surface area contributed by atoms with Gasteiger partial charge in [0.15, 0.2) is 5.78 Å². The van der Waals surface area contributed by atoms with Crippen molar-refractivity contribution >= 4 is 24.5 Å². The summed E-state index contributed by atoms with van der Waals surface area (Å²) in [4.78, 5) is 12.8. The van der Waals surface area contributed by atoms with Crippen molar-refractivity contribution in [3.05, 3.63) is 71.8 Å². The first-order chi connectivity index (χ1) is 16.3. The summed E-state index contributed by atoms with van der Waals surface area (Å²) in [7, 11) is -2.58. The number of rotatable bonds is 8. The van der Waals surface area contributed by atoms with Gasteiger partial charge in [0.2, 0.25) is 0 Å². The normalized spacial score (nSPS) is 23.3. The van der Waals surface area contributed by atoms with Gasteiger partial charge in [-0.2, -0.15) is 0 Å². The molecule has 0 amide bonds. The van der Waals surface area contributed by atoms with Gasteiger partial charge in [-0.3, -0.25) is 4.79 Å². The molecule has 2 aliphatic carbocycles. The fourth-order valence-electron chi connectivity index (χ4n) is 6.16. The highest BCUT2D eigenvalue weighted by Gasteiger charge is 2.50. The molecular weight excluding hydrogens is 440 g/mol. The molecule has 2 aromatic rings. The number of carbonyl (C=O) groups is 1. The molecule has 2 aromatic carbocycles. The van der Waals surface area contributed by atoms with Crippen LogP contribution in [0, 0.1) is 11.8 Å². The van der Waals surface area contributed by atoms with Crippen LogP contribution in [0.2, 0.25) is 5.04 Å². The van der Waals surface area contributed by atoms with E-state index < -0.39 is 14.4 Å². The molecule has 2 aliphatic rings. The largest absolute Gasteiger partial charge is 0.407 e. The topological polar surface area (TPSA) is 66.8 Å². The second-order valence-electron chi connectivity index (χ2n) is 10.9. The second-order valence-corrected chi connectivity index (χ2v) is 15.2. The van der Waals surface area contributed by atoms with E-state index in [1.165, 1.54) is 10.4 Å². The molecule has 0 aliphatic heterocycles. The Morgan fingerprint density at radius 2 is 1.56 bits per heavy atom. The minimum atomic E-state index is -2.58. The molecule has 182 valence electrons. The number of hydrogen-bond acceptors (Lipinski definition) is 4. The first kappa shape index (κ1) is 25.1. The number of aliphatic hydroxyl groups excluding tert-OH is 2. The molecule has 0 heterocycles. The maximum atomic E-state index is 12.8. The highest BCUT2D eigenvalue weighted by Crippen LogP contribution is 2.44. The molecule has 3 atom stereocenters. The van der Waals surface area contributed by atoms with Crippen LogP contribution in [0.3, 0.4) is 0 Å². The molecular formula is C29H38O4Si. The molecule has 1 fully saturated rings. The number of Topliss-reactive ketones (excluding diaryl/α,β-unsaturated/α-hetero) is 1. The van der Waals surface area contributed by atoms with Crippen LogP contribution in [0.15, 0.2) is 71.8 Å². The lowest BCUT2D eigenvalue weighted by atomic mass is 9.77. The Balaban J connectivity index is 1.56. The number of benzene rings is 2. The van der Waals surface area contributed by atoms with Gasteiger partial charge in [0.05, 0.1) is 6.10 Å². The number of aliphatic hydroxyl groups is 2. The van der Waals surface area contributed by atoms with Gasteiger partial charge in [0.1, 0.15) is 0 Å². The standard InChI is InChI=1S/C29H38O4Si/c1-29(2,3)34(23-11-6-4-7-12-23,24-13-8-5-9-14-24)33-16-10-15-25-26(31)19-22-17-21(20-30)18-27(32)28(22)25/h4-9,11-14,21-22,27,30,32H,10,15-20H2,1-3H3. The van der Waals surface area contributed by atoms with Gasteiger partial charge in [-0.25, -0.2) is 0 Å². The van der Waals surface area contributed by atoms with Crippen molar-refractivity contribution in [2.75, 3.05) is 13.2 Å². The molecule has 0 aromatic heterocycles. The Labute approximate surface area is 204 Å². The average molecular weight is 479 g/mol. The van der Waals surface area contributed by atoms with E-state index in [0.717, 1.165) is 24.0 Å². The fourth-order valence-corrected chi connectivity index (χ4v) is 10.8. The number of allylic oxidation sites excluding steroid dienone is 1. The van der Waals surface area contributed by atoms with Crippen LogP contribution in [-0.4, -0.2) is 43.6 Å². The molecule has 2 N–H and O–H groups in total. The van der Waals surface area contributed by atoms with Crippen molar-refractivity contribution in [2.24, 2.45) is 11.8 Å². The predicted octanol–water partition coefficient (Wildman–Crippen LogP) is 3.99. The third-order valence-corrected chi connectivity index (χ3v) is 12.7. The molecule has 0 bridgehead atoms. The number of carbonyl (C=O) groups excluding carboxylic acids is 1. The summed E-state index contributed by atoms with van der Waals surface area (Å²) in [5, 5.41) is 22.7. The van der Waals surface area contributed by atoms with Crippen molar-refractivity contribution in [2.45, 2.75) is 64.0 Å². The lowest BCUT2D eigenvalue weighted by Crippen LogP contribution is -2.66. The number of ketones is 1. The molecule has 1 saturated carbocycles. The van der Waals surface area contributed by atoms with Crippen molar-refractivity contribution in [1.82, 2.24) is 0 Å². The molecule has 4 rings (SSSR count). The van der Waals surface area contributed by atoms with E-state index in [-0.39, 0.29) is 29.3 Å². The third kappa shape index (κ3) is 4.72. The van der Waals surface area contributed by atoms with Crippen LogP contribution in [-0.2, 0) is 9.22 Å². The van der Waals surface area contributed by atoms with Gasteiger partial charge in [0.25, 0.3) is 8.32 Å². The van der Waals surface area contributed by atoms with Crippen LogP contribution in [0.25, 0.3) is 0 Å². The van der Waals surface area contributed by atoms with E-state index in [9.17, 15) is 15.0 Å². The highest BCUT2D eigenvalue weighted by molar-refractivity contribution is 6.99. The average Bonchev–Trinajstić information content (AvgIpc) is 3.14. The second kappa shape index (κ2) is 10.3. The van der Waals surface area contributed by atoms with Crippen molar-refractivity contribution in [3.8, 4) is 0 Å². The lowest BCUT2D eigenvalue weighted by molar-refractivity contribution is -0.115. The zero-order valence-electron chi connectivity index (χ0n) is 20.7. The zero-order valence-corrected chi connectivity index (χ0v) is 21.7. The maximum absolute atomic E-state index is 12.8. The van der Waals surface area contributed by atoms with Crippen LogP contribution in [0.5, 0.6) is 0 Å². The Bertz CT molecular complexity index is 970. The van der Waals surface area contributed by atoms with Crippen LogP contribution in [0.1, 0.15) is 52.9 Å². The molecule has 0 radical (unpaired) electrons. The molecule has 0 saturated heterocycles. The van der Waals surface area contributed by atoms with E-state index in [1.807, 2.05) is 12.1 Å². The van der Waals surface area contributed by atoms with Gasteiger partial charge >= 0.3 is 0 Å². The Morgan fingerprint density at radius 1 is 0.971 bits per heavy atom. The molecule has 4 nitrogen and oxygen atoms in total. The number of hydrogen-bond donors (Lipinski definition) is 2. The van der Waals surface area contributed by atoms with E-state index in [2.05, 4.69) is 69.3 Å². The Hall–Kier alpha value is -2.05. The molecule has 34 heavy (non-hydrogen) atoms. The summed E-state index contributed by atoms with van der Waals surface area (Å²) >= 11 is 0. The summed E-state index contributed by atoms with van der Waals surface area (Å²) in [6, 6.07) is 21.2. The molecule has 5 heteroatoms. The number of fused-ring (bicyclic) bond motifs is 1. The highest BCUT2D eigenvalue weighted by atomic mass is 28.4. The summed E-state index contributed by atoms with van der Waals surface area (Å²) < 4.78 is 6.97. The van der Waals surface area contributed by atoms with E-state index in [0.29, 0.717) is 25.9 Å². The van der Waals surface area contributed by atoms with E-state index in [4.69, 9.17) is 4.43 Å². The monoisotopic (exact) mass is 478 g/mol. The molecule has 3 unspecified atom stereocenters. The zero-order chi connectivity index (χ0) is 24.3. The van der Waals surface area contributed by atoms with Gasteiger partial charge in [-0.15, -0.1) is 0 Å². The molecule has 0 spiro atoms. The van der Waals surface area contributed by atoms with Crippen LogP contribution in [0.4, 0.5) is 0 Å². The maximum Gasteiger partial charge on any atom is 0.261 e. The predicted molar refractivity (Wildman–Crippen MR) is 139 cm³/mol. The lowest BCUT2D eigenvalue weighted by Gasteiger charge is -2.43. The summed E-state index contributed by atoms with van der Waals surface area (Å²) in [6.07, 6.45) is 2.62. The van der Waals surface area contributed by atoms with Crippen molar-refractivity contribution in [3.63, 3.8) is 0 Å². The summed E-state index contributed by atoms with van der Waals surface area (Å²) in [6.45, 7) is 7.45.